The Balaban J connectivity index is 1.69. The molecule has 0 atom stereocenters. The van der Waals surface area contributed by atoms with Gasteiger partial charge in [-0.25, -0.2) is 4.79 Å². The average Bonchev–Trinajstić information content (AvgIpc) is 2.90. The van der Waals surface area contributed by atoms with Crippen LogP contribution in [0.25, 0.3) is 10.8 Å². The lowest BCUT2D eigenvalue weighted by Crippen LogP contribution is -2.41. The van der Waals surface area contributed by atoms with Crippen LogP contribution in [0.5, 0.6) is 0 Å². The number of carbonyl (C=O) groups excluding carboxylic acids is 1. The van der Waals surface area contributed by atoms with Crippen LogP contribution < -0.4 is 16.1 Å². The zero-order valence-electron chi connectivity index (χ0n) is 17.2. The molecule has 0 aliphatic carbocycles. The standard InChI is InChI=1S/C23H25BN2O3/c1-22(2)23(3,4)29-24(28-22)17-12-14-18(15-13-17)26(21(25)27)20-11-7-9-16-8-5-6-10-19(16)20/h5-15H,1-4H3,(H2,25,27). The van der Waals surface area contributed by atoms with Crippen LogP contribution in [0.3, 0.4) is 0 Å². The van der Waals surface area contributed by atoms with E-state index >= 15 is 0 Å². The molecule has 1 aliphatic heterocycles. The van der Waals surface area contributed by atoms with Gasteiger partial charge >= 0.3 is 13.1 Å². The molecule has 2 N–H and O–H groups in total. The minimum atomic E-state index is -0.537. The molecule has 29 heavy (non-hydrogen) atoms. The molecular formula is C23H25BN2O3. The van der Waals surface area contributed by atoms with Crippen molar-refractivity contribution < 1.29 is 14.1 Å². The number of carbonyl (C=O) groups is 1. The van der Waals surface area contributed by atoms with Crippen molar-refractivity contribution in [2.75, 3.05) is 4.90 Å². The molecule has 0 unspecified atom stereocenters. The minimum Gasteiger partial charge on any atom is -0.399 e. The van der Waals surface area contributed by atoms with E-state index in [1.807, 2.05) is 94.4 Å². The predicted molar refractivity (Wildman–Crippen MR) is 118 cm³/mol. The van der Waals surface area contributed by atoms with E-state index in [1.54, 1.807) is 0 Å². The van der Waals surface area contributed by atoms with E-state index in [-0.39, 0.29) is 0 Å². The number of hydrogen-bond acceptors (Lipinski definition) is 3. The van der Waals surface area contributed by atoms with Gasteiger partial charge in [0, 0.05) is 5.39 Å². The van der Waals surface area contributed by atoms with E-state index in [1.165, 1.54) is 4.90 Å². The van der Waals surface area contributed by atoms with Gasteiger partial charge in [0.05, 0.1) is 22.6 Å². The lowest BCUT2D eigenvalue weighted by Gasteiger charge is -2.32. The summed E-state index contributed by atoms with van der Waals surface area (Å²) in [5, 5.41) is 2.01. The lowest BCUT2D eigenvalue weighted by molar-refractivity contribution is 0.00578. The van der Waals surface area contributed by atoms with E-state index < -0.39 is 24.4 Å². The number of benzene rings is 3. The van der Waals surface area contributed by atoms with Gasteiger partial charge in [0.15, 0.2) is 0 Å². The number of nitrogens with zero attached hydrogens (tertiary/aromatic N) is 1. The summed E-state index contributed by atoms with van der Waals surface area (Å²) in [5.41, 5.74) is 7.29. The molecule has 3 aromatic carbocycles. The number of amides is 2. The third-order valence-corrected chi connectivity index (χ3v) is 5.90. The van der Waals surface area contributed by atoms with Gasteiger partial charge in [-0.2, -0.15) is 0 Å². The van der Waals surface area contributed by atoms with E-state index in [2.05, 4.69) is 0 Å². The van der Waals surface area contributed by atoms with Crippen molar-refractivity contribution in [2.24, 2.45) is 5.73 Å². The fourth-order valence-corrected chi connectivity index (χ4v) is 3.55. The second-order valence-corrected chi connectivity index (χ2v) is 8.35. The van der Waals surface area contributed by atoms with Crippen molar-refractivity contribution in [3.8, 4) is 0 Å². The second kappa shape index (κ2) is 6.90. The molecule has 0 aromatic heterocycles. The molecule has 6 heteroatoms. The monoisotopic (exact) mass is 388 g/mol. The molecule has 1 fully saturated rings. The Hall–Kier alpha value is -2.83. The molecule has 2 amide bonds. The van der Waals surface area contributed by atoms with Crippen molar-refractivity contribution in [2.45, 2.75) is 38.9 Å². The van der Waals surface area contributed by atoms with E-state index in [0.717, 1.165) is 21.9 Å². The molecule has 1 aliphatic rings. The van der Waals surface area contributed by atoms with Crippen molar-refractivity contribution in [1.29, 1.82) is 0 Å². The first-order chi connectivity index (χ1) is 13.7. The van der Waals surface area contributed by atoms with Crippen LogP contribution in [-0.2, 0) is 9.31 Å². The van der Waals surface area contributed by atoms with Crippen molar-refractivity contribution in [3.05, 3.63) is 66.7 Å². The van der Waals surface area contributed by atoms with Gasteiger partial charge in [0.1, 0.15) is 0 Å². The summed E-state index contributed by atoms with van der Waals surface area (Å²) in [7, 11) is -0.450. The molecule has 0 spiro atoms. The van der Waals surface area contributed by atoms with Crippen LogP contribution in [0.1, 0.15) is 27.7 Å². The average molecular weight is 388 g/mol. The number of rotatable bonds is 3. The van der Waals surface area contributed by atoms with Gasteiger partial charge in [-0.1, -0.05) is 48.5 Å². The maximum Gasteiger partial charge on any atom is 0.494 e. The molecule has 1 heterocycles. The molecule has 5 nitrogen and oxygen atoms in total. The number of fused-ring (bicyclic) bond motifs is 1. The first kappa shape index (κ1) is 19.5. The van der Waals surface area contributed by atoms with Crippen molar-refractivity contribution in [1.82, 2.24) is 0 Å². The first-order valence-electron chi connectivity index (χ1n) is 9.72. The summed E-state index contributed by atoms with van der Waals surface area (Å²) < 4.78 is 12.2. The number of urea groups is 1. The largest absolute Gasteiger partial charge is 0.494 e. The lowest BCUT2D eigenvalue weighted by atomic mass is 9.79. The maximum atomic E-state index is 12.4. The molecule has 0 bridgehead atoms. The first-order valence-corrected chi connectivity index (χ1v) is 9.72. The van der Waals surface area contributed by atoms with Crippen LogP contribution >= 0.6 is 0 Å². The van der Waals surface area contributed by atoms with Gasteiger partial charge in [0.2, 0.25) is 0 Å². The number of hydrogen-bond donors (Lipinski definition) is 1. The number of nitrogens with two attached hydrogens (primary N) is 1. The van der Waals surface area contributed by atoms with Crippen LogP contribution in [0.15, 0.2) is 66.7 Å². The van der Waals surface area contributed by atoms with E-state index in [4.69, 9.17) is 15.0 Å². The number of anilines is 2. The SMILES string of the molecule is CC1(C)OB(c2ccc(N(C(N)=O)c3cccc4ccccc34)cc2)OC1(C)C. The summed E-state index contributed by atoms with van der Waals surface area (Å²) in [6.07, 6.45) is 0. The second-order valence-electron chi connectivity index (χ2n) is 8.35. The Labute approximate surface area is 171 Å². The van der Waals surface area contributed by atoms with Crippen LogP contribution in [0.4, 0.5) is 16.2 Å². The molecule has 1 saturated heterocycles. The highest BCUT2D eigenvalue weighted by atomic mass is 16.7. The summed E-state index contributed by atoms with van der Waals surface area (Å²) in [6, 6.07) is 20.8. The predicted octanol–water partition coefficient (Wildman–Crippen LogP) is 4.36. The fourth-order valence-electron chi connectivity index (χ4n) is 3.55. The number of primary amides is 1. The molecular weight excluding hydrogens is 363 g/mol. The Bertz CT molecular complexity index is 1040. The Morgan fingerprint density at radius 1 is 0.862 bits per heavy atom. The minimum absolute atomic E-state index is 0.404. The topological polar surface area (TPSA) is 64.8 Å². The highest BCUT2D eigenvalue weighted by molar-refractivity contribution is 6.62. The maximum absolute atomic E-state index is 12.4. The molecule has 0 saturated carbocycles. The summed E-state index contributed by atoms with van der Waals surface area (Å²) >= 11 is 0. The van der Waals surface area contributed by atoms with Crippen LogP contribution in [0, 0.1) is 0 Å². The van der Waals surface area contributed by atoms with E-state index in [9.17, 15) is 4.79 Å². The Kier molecular flexibility index (Phi) is 4.64. The highest BCUT2D eigenvalue weighted by Crippen LogP contribution is 2.37. The third-order valence-electron chi connectivity index (χ3n) is 5.90. The van der Waals surface area contributed by atoms with Gasteiger partial charge in [-0.3, -0.25) is 4.90 Å². The zero-order valence-corrected chi connectivity index (χ0v) is 17.2. The quantitative estimate of drug-likeness (QED) is 0.679. The molecule has 0 radical (unpaired) electrons. The Morgan fingerprint density at radius 3 is 2.07 bits per heavy atom. The van der Waals surface area contributed by atoms with Gasteiger partial charge in [-0.05, 0) is 56.7 Å². The van der Waals surface area contributed by atoms with Crippen LogP contribution in [-0.4, -0.2) is 24.4 Å². The van der Waals surface area contributed by atoms with Gasteiger partial charge in [-0.15, -0.1) is 0 Å². The Morgan fingerprint density at radius 2 is 1.45 bits per heavy atom. The van der Waals surface area contributed by atoms with Crippen LogP contribution in [0.2, 0.25) is 0 Å². The molecule has 4 rings (SSSR count). The van der Waals surface area contributed by atoms with Crippen molar-refractivity contribution >= 4 is 40.8 Å². The third kappa shape index (κ3) is 3.39. The van der Waals surface area contributed by atoms with E-state index in [0.29, 0.717) is 5.69 Å². The normalized spacial score (nSPS) is 17.4. The summed E-state index contributed by atoms with van der Waals surface area (Å²) in [5.74, 6) is 0. The zero-order chi connectivity index (χ0) is 20.8. The summed E-state index contributed by atoms with van der Waals surface area (Å²) in [6.45, 7) is 8.10. The van der Waals surface area contributed by atoms with Gasteiger partial charge < -0.3 is 15.0 Å². The molecule has 3 aromatic rings. The fraction of sp³-hybridized carbons (Fsp3) is 0.261. The molecule has 148 valence electrons. The highest BCUT2D eigenvalue weighted by Gasteiger charge is 2.51. The smallest absolute Gasteiger partial charge is 0.399 e. The van der Waals surface area contributed by atoms with Gasteiger partial charge in [0.25, 0.3) is 0 Å². The van der Waals surface area contributed by atoms with Crippen molar-refractivity contribution in [3.63, 3.8) is 0 Å². The summed E-state index contributed by atoms with van der Waals surface area (Å²) in [4.78, 5) is 13.9.